The second-order valence-corrected chi connectivity index (χ2v) is 4.87. The SMILES string of the molecule is O=C(CC(F)(F)F)Nc1ccc2c(Br)cccc2c1. The van der Waals surface area contributed by atoms with E-state index in [9.17, 15) is 18.0 Å². The van der Waals surface area contributed by atoms with Crippen molar-refractivity contribution >= 4 is 38.3 Å². The fourth-order valence-corrected chi connectivity index (χ4v) is 2.22. The van der Waals surface area contributed by atoms with Crippen LogP contribution in [0.4, 0.5) is 18.9 Å². The van der Waals surface area contributed by atoms with E-state index < -0.39 is 18.5 Å². The molecule has 0 spiro atoms. The zero-order chi connectivity index (χ0) is 14.0. The Hall–Kier alpha value is -1.56. The lowest BCUT2D eigenvalue weighted by Gasteiger charge is -2.09. The molecule has 0 aliphatic heterocycles. The van der Waals surface area contributed by atoms with Crippen LogP contribution in [0.25, 0.3) is 10.8 Å². The summed E-state index contributed by atoms with van der Waals surface area (Å²) in [6, 6.07) is 10.4. The van der Waals surface area contributed by atoms with E-state index in [4.69, 9.17) is 0 Å². The molecule has 1 amide bonds. The number of carbonyl (C=O) groups excluding carboxylic acids is 1. The lowest BCUT2D eigenvalue weighted by Crippen LogP contribution is -2.21. The molecule has 0 saturated heterocycles. The van der Waals surface area contributed by atoms with Crippen LogP contribution in [0, 0.1) is 0 Å². The molecule has 2 aromatic rings. The molecule has 0 fully saturated rings. The number of amides is 1. The molecule has 100 valence electrons. The summed E-state index contributed by atoms with van der Waals surface area (Å²) < 4.78 is 37.0. The highest BCUT2D eigenvalue weighted by atomic mass is 79.9. The molecule has 0 saturated carbocycles. The van der Waals surface area contributed by atoms with Gasteiger partial charge >= 0.3 is 6.18 Å². The third-order valence-electron chi connectivity index (χ3n) is 2.47. The number of hydrogen-bond acceptors (Lipinski definition) is 1. The fraction of sp³-hybridized carbons (Fsp3) is 0.154. The molecule has 2 aromatic carbocycles. The molecule has 2 nitrogen and oxygen atoms in total. The van der Waals surface area contributed by atoms with Crippen molar-refractivity contribution in [2.75, 3.05) is 5.32 Å². The Balaban J connectivity index is 2.20. The highest BCUT2D eigenvalue weighted by molar-refractivity contribution is 9.10. The number of rotatable bonds is 2. The zero-order valence-corrected chi connectivity index (χ0v) is 11.2. The van der Waals surface area contributed by atoms with Gasteiger partial charge in [-0.2, -0.15) is 13.2 Å². The van der Waals surface area contributed by atoms with E-state index in [0.717, 1.165) is 15.2 Å². The van der Waals surface area contributed by atoms with Crippen molar-refractivity contribution in [3.05, 3.63) is 40.9 Å². The Morgan fingerprint density at radius 3 is 2.63 bits per heavy atom. The minimum absolute atomic E-state index is 0.347. The monoisotopic (exact) mass is 331 g/mol. The van der Waals surface area contributed by atoms with Gasteiger partial charge in [0.05, 0.1) is 0 Å². The average Bonchev–Trinajstić information content (AvgIpc) is 2.26. The summed E-state index contributed by atoms with van der Waals surface area (Å²) in [6.45, 7) is 0. The number of halogens is 4. The average molecular weight is 332 g/mol. The van der Waals surface area contributed by atoms with Gasteiger partial charge in [-0.05, 0) is 29.0 Å². The maximum atomic E-state index is 12.0. The van der Waals surface area contributed by atoms with Crippen LogP contribution < -0.4 is 5.32 Å². The highest BCUT2D eigenvalue weighted by Crippen LogP contribution is 2.27. The van der Waals surface area contributed by atoms with Crippen LogP contribution >= 0.6 is 15.9 Å². The number of carbonyl (C=O) groups is 1. The molecule has 0 aromatic heterocycles. The van der Waals surface area contributed by atoms with Gasteiger partial charge in [0.1, 0.15) is 6.42 Å². The number of benzene rings is 2. The predicted octanol–water partition coefficient (Wildman–Crippen LogP) is 4.49. The van der Waals surface area contributed by atoms with Crippen LogP contribution in [0.2, 0.25) is 0 Å². The Morgan fingerprint density at radius 2 is 1.95 bits per heavy atom. The van der Waals surface area contributed by atoms with Crippen molar-refractivity contribution in [2.45, 2.75) is 12.6 Å². The zero-order valence-electron chi connectivity index (χ0n) is 9.59. The molecule has 19 heavy (non-hydrogen) atoms. The molecule has 0 unspecified atom stereocenters. The molecule has 0 heterocycles. The molecule has 2 rings (SSSR count). The van der Waals surface area contributed by atoms with Crippen molar-refractivity contribution in [3.8, 4) is 0 Å². The number of nitrogens with one attached hydrogen (secondary N) is 1. The lowest BCUT2D eigenvalue weighted by atomic mass is 10.1. The second-order valence-electron chi connectivity index (χ2n) is 4.02. The van der Waals surface area contributed by atoms with E-state index in [0.29, 0.717) is 5.69 Å². The largest absolute Gasteiger partial charge is 0.397 e. The van der Waals surface area contributed by atoms with Crippen LogP contribution in [0.1, 0.15) is 6.42 Å². The third-order valence-corrected chi connectivity index (χ3v) is 3.16. The first-order valence-corrected chi connectivity index (χ1v) is 6.19. The van der Waals surface area contributed by atoms with Crippen molar-refractivity contribution in [1.82, 2.24) is 0 Å². The highest BCUT2D eigenvalue weighted by Gasteiger charge is 2.31. The Bertz CT molecular complexity index is 625. The first kappa shape index (κ1) is 13.9. The van der Waals surface area contributed by atoms with Crippen LogP contribution in [0.5, 0.6) is 0 Å². The van der Waals surface area contributed by atoms with Crippen LogP contribution in [-0.2, 0) is 4.79 Å². The molecular weight excluding hydrogens is 323 g/mol. The molecule has 1 N–H and O–H groups in total. The summed E-state index contributed by atoms with van der Waals surface area (Å²) >= 11 is 3.38. The van der Waals surface area contributed by atoms with Crippen molar-refractivity contribution in [1.29, 1.82) is 0 Å². The number of hydrogen-bond donors (Lipinski definition) is 1. The first-order valence-electron chi connectivity index (χ1n) is 5.40. The standard InChI is InChI=1S/C13H9BrF3NO/c14-11-3-1-2-8-6-9(4-5-10(8)11)18-12(19)7-13(15,16)17/h1-6H,7H2,(H,18,19). The van der Waals surface area contributed by atoms with E-state index in [1.807, 2.05) is 18.2 Å². The van der Waals surface area contributed by atoms with Crippen molar-refractivity contribution < 1.29 is 18.0 Å². The summed E-state index contributed by atoms with van der Waals surface area (Å²) in [4.78, 5) is 11.2. The van der Waals surface area contributed by atoms with Gasteiger partial charge in [0.25, 0.3) is 0 Å². The van der Waals surface area contributed by atoms with Crippen molar-refractivity contribution in [2.24, 2.45) is 0 Å². The molecule has 0 radical (unpaired) electrons. The van der Waals surface area contributed by atoms with Crippen LogP contribution in [0.15, 0.2) is 40.9 Å². The second kappa shape index (κ2) is 5.21. The molecule has 6 heteroatoms. The summed E-state index contributed by atoms with van der Waals surface area (Å²) in [5.74, 6) is -1.07. The van der Waals surface area contributed by atoms with E-state index in [1.165, 1.54) is 0 Å². The predicted molar refractivity (Wildman–Crippen MR) is 70.9 cm³/mol. The van der Waals surface area contributed by atoms with E-state index in [2.05, 4.69) is 21.2 Å². The normalized spacial score (nSPS) is 11.6. The van der Waals surface area contributed by atoms with E-state index in [1.54, 1.807) is 18.2 Å². The maximum Gasteiger partial charge on any atom is 0.397 e. The number of anilines is 1. The Kier molecular flexibility index (Phi) is 3.80. The molecule has 0 aliphatic carbocycles. The van der Waals surface area contributed by atoms with Gasteiger partial charge < -0.3 is 5.32 Å². The number of alkyl halides is 3. The summed E-state index contributed by atoms with van der Waals surface area (Å²) in [5.41, 5.74) is 0.347. The van der Waals surface area contributed by atoms with Gasteiger partial charge in [-0.1, -0.05) is 34.1 Å². The molecule has 0 aliphatic rings. The molecular formula is C13H9BrF3NO. The number of fused-ring (bicyclic) bond motifs is 1. The Labute approximate surface area is 115 Å². The minimum Gasteiger partial charge on any atom is -0.326 e. The van der Waals surface area contributed by atoms with Gasteiger partial charge in [0.15, 0.2) is 0 Å². The van der Waals surface area contributed by atoms with Gasteiger partial charge in [0.2, 0.25) is 5.91 Å². The maximum absolute atomic E-state index is 12.0. The van der Waals surface area contributed by atoms with Gasteiger partial charge in [-0.25, -0.2) is 0 Å². The summed E-state index contributed by atoms with van der Waals surface area (Å²) in [5, 5.41) is 4.00. The summed E-state index contributed by atoms with van der Waals surface area (Å²) in [6.07, 6.45) is -5.98. The fourth-order valence-electron chi connectivity index (χ4n) is 1.71. The Morgan fingerprint density at radius 1 is 1.21 bits per heavy atom. The third kappa shape index (κ3) is 3.70. The molecule has 0 atom stereocenters. The smallest absolute Gasteiger partial charge is 0.326 e. The van der Waals surface area contributed by atoms with E-state index >= 15 is 0 Å². The first-order chi connectivity index (χ1) is 8.85. The van der Waals surface area contributed by atoms with Crippen molar-refractivity contribution in [3.63, 3.8) is 0 Å². The van der Waals surface area contributed by atoms with E-state index in [-0.39, 0.29) is 0 Å². The van der Waals surface area contributed by atoms with Gasteiger partial charge in [-0.3, -0.25) is 4.79 Å². The minimum atomic E-state index is -4.50. The molecule has 0 bridgehead atoms. The van der Waals surface area contributed by atoms with Gasteiger partial charge in [-0.15, -0.1) is 0 Å². The topological polar surface area (TPSA) is 29.1 Å². The lowest BCUT2D eigenvalue weighted by molar-refractivity contribution is -0.150. The summed E-state index contributed by atoms with van der Waals surface area (Å²) in [7, 11) is 0. The van der Waals surface area contributed by atoms with Gasteiger partial charge in [0, 0.05) is 10.2 Å². The van der Waals surface area contributed by atoms with Crippen LogP contribution in [-0.4, -0.2) is 12.1 Å². The quantitative estimate of drug-likeness (QED) is 0.862. The van der Waals surface area contributed by atoms with Crippen LogP contribution in [0.3, 0.4) is 0 Å².